The van der Waals surface area contributed by atoms with Gasteiger partial charge in [0.2, 0.25) is 5.91 Å². The Kier molecular flexibility index (Phi) is 25.8. The molecule has 8 rings (SSSR count). The molecule has 0 unspecified atom stereocenters. The van der Waals surface area contributed by atoms with E-state index in [0.29, 0.717) is 113 Å². The molecule has 0 spiro atoms. The van der Waals surface area contributed by atoms with Gasteiger partial charge in [0.05, 0.1) is 83.8 Å². The first-order valence-corrected chi connectivity index (χ1v) is 33.4. The van der Waals surface area contributed by atoms with E-state index in [1.165, 1.54) is 6.42 Å². The van der Waals surface area contributed by atoms with E-state index < -0.39 is 33.9 Å². The summed E-state index contributed by atoms with van der Waals surface area (Å²) in [5, 5.41) is 14.9. The molecule has 4 bridgehead atoms. The topological polar surface area (TPSA) is 243 Å². The Morgan fingerprint density at radius 3 is 1.43 bits per heavy atom. The second kappa shape index (κ2) is 32.4. The maximum atomic E-state index is 14.9. The molecule has 518 valence electrons. The van der Waals surface area contributed by atoms with Gasteiger partial charge in [-0.05, 0) is 187 Å². The van der Waals surface area contributed by atoms with Gasteiger partial charge in [-0.1, -0.05) is 19.9 Å². The molecule has 5 fully saturated rings. The normalized spacial score (nSPS) is 21.3. The summed E-state index contributed by atoms with van der Waals surface area (Å²) in [6.07, 6.45) is 4.70. The van der Waals surface area contributed by atoms with Gasteiger partial charge in [-0.25, -0.2) is 9.48 Å². The number of carbonyl (C=O) groups is 6. The highest BCUT2D eigenvalue weighted by molar-refractivity contribution is 5.99. The lowest BCUT2D eigenvalue weighted by atomic mass is 9.48. The molecule has 2 amide bonds. The lowest BCUT2D eigenvalue weighted by Gasteiger charge is -2.59. The Balaban J connectivity index is 0.937. The maximum absolute atomic E-state index is 14.9. The minimum absolute atomic E-state index is 0.0261. The molecule has 0 radical (unpaired) electrons. The van der Waals surface area contributed by atoms with E-state index in [-0.39, 0.29) is 92.6 Å². The zero-order chi connectivity index (χ0) is 68.1. The van der Waals surface area contributed by atoms with Crippen LogP contribution >= 0.6 is 0 Å². The molecule has 93 heavy (non-hydrogen) atoms. The number of nitrogens with zero attached hydrogens (tertiary/aromatic N) is 6. The van der Waals surface area contributed by atoms with E-state index in [2.05, 4.69) is 35.9 Å². The van der Waals surface area contributed by atoms with Crippen LogP contribution < -0.4 is 25.4 Å². The lowest BCUT2D eigenvalue weighted by Crippen LogP contribution is -2.71. The quantitative estimate of drug-likeness (QED) is 0.0395. The van der Waals surface area contributed by atoms with Gasteiger partial charge in [0.25, 0.3) is 5.91 Å². The van der Waals surface area contributed by atoms with E-state index in [1.807, 2.05) is 133 Å². The van der Waals surface area contributed by atoms with Crippen molar-refractivity contribution in [2.24, 2.45) is 23.7 Å². The summed E-state index contributed by atoms with van der Waals surface area (Å²) < 4.78 is 48.7. The summed E-state index contributed by atoms with van der Waals surface area (Å²) in [6, 6.07) is 13.4. The van der Waals surface area contributed by atoms with Crippen LogP contribution in [0.5, 0.6) is 11.5 Å². The number of hydrogen-bond donors (Lipinski definition) is 3. The molecule has 3 N–H and O–H groups in total. The van der Waals surface area contributed by atoms with E-state index in [9.17, 15) is 28.8 Å². The molecule has 1 aromatic heterocycles. The van der Waals surface area contributed by atoms with Crippen LogP contribution in [-0.4, -0.2) is 225 Å². The minimum atomic E-state index is -1.16. The Bertz CT molecular complexity index is 2910. The van der Waals surface area contributed by atoms with Crippen LogP contribution in [0.3, 0.4) is 0 Å². The SMILES string of the molecule is COc1cccc(OC)c1-c1cc(C(=O)NC2(C(=O)OC(C)(C)C)C3CC4CC(C3)CC2C4)nn1-c1ccc(NCCOCCOCCNC(=O)CN2CCN(CC(=O)OC(C)(C)C)CCN(CC(=O)OC(C)(C)C)CCN(CC(=O)OC(C)(C)C)CC2)cc1C(C)C. The van der Waals surface area contributed by atoms with Crippen LogP contribution in [0.1, 0.15) is 151 Å². The van der Waals surface area contributed by atoms with Crippen molar-refractivity contribution in [3.8, 4) is 28.4 Å². The number of esters is 4. The fourth-order valence-corrected chi connectivity index (χ4v) is 13.4. The van der Waals surface area contributed by atoms with Crippen LogP contribution in [-0.2, 0) is 52.4 Å². The van der Waals surface area contributed by atoms with E-state index >= 15 is 0 Å². The monoisotopic (exact) mass is 1300 g/mol. The van der Waals surface area contributed by atoms with Crippen molar-refractivity contribution in [2.45, 2.75) is 163 Å². The third-order valence-corrected chi connectivity index (χ3v) is 17.1. The highest BCUT2D eigenvalue weighted by Crippen LogP contribution is 2.59. The molecular formula is C70H109N9O14. The summed E-state index contributed by atoms with van der Waals surface area (Å²) in [5.74, 6) is 0.0385. The molecule has 1 saturated heterocycles. The first-order valence-electron chi connectivity index (χ1n) is 33.4. The third kappa shape index (κ3) is 22.1. The van der Waals surface area contributed by atoms with Crippen LogP contribution in [0, 0.1) is 23.7 Å². The van der Waals surface area contributed by atoms with Gasteiger partial charge in [0, 0.05) is 71.1 Å². The first-order chi connectivity index (χ1) is 43.7. The maximum Gasteiger partial charge on any atom is 0.332 e. The molecule has 2 aromatic carbocycles. The molecule has 0 atom stereocenters. The Morgan fingerprint density at radius 2 is 1.00 bits per heavy atom. The second-order valence-electron chi connectivity index (χ2n) is 29.8. The third-order valence-electron chi connectivity index (χ3n) is 17.1. The number of carbonyl (C=O) groups excluding carboxylic acids is 6. The number of hydrogen-bond acceptors (Lipinski definition) is 20. The predicted octanol–water partition coefficient (Wildman–Crippen LogP) is 7.75. The van der Waals surface area contributed by atoms with Crippen LogP contribution in [0.2, 0.25) is 0 Å². The molecule has 4 saturated carbocycles. The summed E-state index contributed by atoms with van der Waals surface area (Å²) >= 11 is 0. The van der Waals surface area contributed by atoms with E-state index in [4.69, 9.17) is 43.0 Å². The highest BCUT2D eigenvalue weighted by Gasteiger charge is 2.63. The van der Waals surface area contributed by atoms with Gasteiger partial charge in [0.1, 0.15) is 39.4 Å². The van der Waals surface area contributed by atoms with Gasteiger partial charge < -0.3 is 53.8 Å². The standard InChI is InChI=1S/C70H109N9O14/c1-47(2)53-41-52(20-21-55(53)79-56(63-57(86-15)18-17-19-58(63)87-16)42-54(74-79)64(84)73-70(65(85)93-69(12,13)14)50-37-48-36-49(39-50)40-51(70)38-48)71-22-32-88-34-35-89-33-23-72-59(80)43-75-24-26-76(44-60(81)90-66(3,4)5)28-30-78(46-62(83)92-68(9,10)11)31-29-77(27-25-75)45-61(82)91-67(6,7)8/h17-21,41-42,47-51,71H,22-40,43-46H2,1-16H3,(H,72,80)(H,73,84). The van der Waals surface area contributed by atoms with E-state index in [1.54, 1.807) is 25.0 Å². The summed E-state index contributed by atoms with van der Waals surface area (Å²) in [4.78, 5) is 90.4. The second-order valence-corrected chi connectivity index (χ2v) is 29.8. The molecular weight excluding hydrogens is 1190 g/mol. The Hall–Kier alpha value is -6.37. The van der Waals surface area contributed by atoms with Crippen molar-refractivity contribution in [1.29, 1.82) is 0 Å². The number of benzene rings is 2. The number of aromatic nitrogens is 2. The molecule has 5 aliphatic rings. The Labute approximate surface area is 552 Å². The summed E-state index contributed by atoms with van der Waals surface area (Å²) in [6.45, 7) is 32.0. The van der Waals surface area contributed by atoms with Gasteiger partial charge in [-0.15, -0.1) is 0 Å². The fraction of sp³-hybridized carbons (Fsp3) is 0.700. The van der Waals surface area contributed by atoms with Gasteiger partial charge in [0.15, 0.2) is 5.69 Å². The molecule has 3 aromatic rings. The first kappa shape index (κ1) is 74.0. The lowest BCUT2D eigenvalue weighted by molar-refractivity contribution is -0.181. The molecule has 23 heteroatoms. The van der Waals surface area contributed by atoms with Crippen molar-refractivity contribution >= 4 is 41.4 Å². The summed E-state index contributed by atoms with van der Waals surface area (Å²) in [5.41, 5.74) is 0.0338. The fourth-order valence-electron chi connectivity index (χ4n) is 13.4. The van der Waals surface area contributed by atoms with Crippen LogP contribution in [0.4, 0.5) is 5.69 Å². The van der Waals surface area contributed by atoms with Crippen LogP contribution in [0.25, 0.3) is 16.9 Å². The van der Waals surface area contributed by atoms with Crippen molar-refractivity contribution < 1.29 is 66.7 Å². The number of rotatable bonds is 26. The Morgan fingerprint density at radius 1 is 0.559 bits per heavy atom. The smallest absolute Gasteiger partial charge is 0.332 e. The largest absolute Gasteiger partial charge is 0.496 e. The number of nitrogens with one attached hydrogen (secondary N) is 3. The van der Waals surface area contributed by atoms with Crippen molar-refractivity contribution in [1.82, 2.24) is 40.0 Å². The van der Waals surface area contributed by atoms with Crippen molar-refractivity contribution in [3.05, 3.63) is 53.7 Å². The predicted molar refractivity (Wildman–Crippen MR) is 356 cm³/mol. The summed E-state index contributed by atoms with van der Waals surface area (Å²) in [7, 11) is 3.19. The van der Waals surface area contributed by atoms with Gasteiger partial charge in [-0.2, -0.15) is 5.10 Å². The molecule has 23 nitrogen and oxygen atoms in total. The minimum Gasteiger partial charge on any atom is -0.496 e. The van der Waals surface area contributed by atoms with Crippen molar-refractivity contribution in [3.63, 3.8) is 0 Å². The van der Waals surface area contributed by atoms with E-state index in [0.717, 1.165) is 42.6 Å². The molecule has 2 heterocycles. The average molecular weight is 1300 g/mol. The molecule has 1 aliphatic heterocycles. The number of methoxy groups -OCH3 is 2. The zero-order valence-electron chi connectivity index (χ0n) is 58.6. The highest BCUT2D eigenvalue weighted by atomic mass is 16.6. The number of amides is 2. The average Bonchev–Trinajstić information content (AvgIpc) is 0.825. The number of anilines is 1. The molecule has 4 aliphatic carbocycles. The zero-order valence-corrected chi connectivity index (χ0v) is 58.6. The van der Waals surface area contributed by atoms with Crippen LogP contribution in [0.15, 0.2) is 42.5 Å². The number of ether oxygens (including phenoxy) is 8. The van der Waals surface area contributed by atoms with Gasteiger partial charge >= 0.3 is 23.9 Å². The van der Waals surface area contributed by atoms with Gasteiger partial charge in [-0.3, -0.25) is 43.6 Å². The van der Waals surface area contributed by atoms with Crippen molar-refractivity contribution in [2.75, 3.05) is 138 Å².